The maximum atomic E-state index is 12.9. The molecule has 1 aromatic heterocycles. The largest absolute Gasteiger partial charge is 0.416 e. The van der Waals surface area contributed by atoms with Gasteiger partial charge in [-0.3, -0.25) is 4.79 Å². The van der Waals surface area contributed by atoms with Crippen LogP contribution in [0.3, 0.4) is 0 Å². The van der Waals surface area contributed by atoms with E-state index in [9.17, 15) is 18.0 Å². The van der Waals surface area contributed by atoms with Crippen LogP contribution in [0, 0.1) is 5.92 Å². The van der Waals surface area contributed by atoms with Crippen molar-refractivity contribution in [3.63, 3.8) is 0 Å². The summed E-state index contributed by atoms with van der Waals surface area (Å²) in [5, 5.41) is 2.62. The summed E-state index contributed by atoms with van der Waals surface area (Å²) in [6, 6.07) is 4.68. The van der Waals surface area contributed by atoms with E-state index < -0.39 is 11.7 Å². The first kappa shape index (κ1) is 19.6. The van der Waals surface area contributed by atoms with Gasteiger partial charge in [0.05, 0.1) is 18.8 Å². The molecule has 154 valence electrons. The number of carbonyl (C=O) groups excluding carboxylic acids is 1. The number of amides is 1. The summed E-state index contributed by atoms with van der Waals surface area (Å²) in [7, 11) is 0. The minimum Gasteiger partial charge on any atom is -0.378 e. The van der Waals surface area contributed by atoms with Gasteiger partial charge in [-0.25, -0.2) is 9.97 Å². The average Bonchev–Trinajstić information content (AvgIpc) is 2.73. The minimum absolute atomic E-state index is 0.148. The first-order chi connectivity index (χ1) is 13.9. The Bertz CT molecular complexity index is 898. The molecule has 1 fully saturated rings. The molecule has 0 spiro atoms. The topological polar surface area (TPSA) is 67.4 Å². The SMILES string of the molecule is O=C(Nc1cccc(C(F)(F)F)c1)C1CCc2nc(N3CCOCC3)ncc2C1. The molecule has 1 aliphatic heterocycles. The Kier molecular flexibility index (Phi) is 5.40. The van der Waals surface area contributed by atoms with Crippen LogP contribution in [0.1, 0.15) is 23.2 Å². The van der Waals surface area contributed by atoms with Crippen molar-refractivity contribution < 1.29 is 22.7 Å². The number of rotatable bonds is 3. The highest BCUT2D eigenvalue weighted by Crippen LogP contribution is 2.31. The number of aromatic nitrogens is 2. The van der Waals surface area contributed by atoms with E-state index in [1.165, 1.54) is 12.1 Å². The number of fused-ring (bicyclic) bond motifs is 1. The zero-order valence-corrected chi connectivity index (χ0v) is 15.7. The predicted octanol–water partition coefficient (Wildman–Crippen LogP) is 3.08. The van der Waals surface area contributed by atoms with Crippen molar-refractivity contribution in [2.24, 2.45) is 5.92 Å². The number of halogens is 3. The third-order valence-corrected chi connectivity index (χ3v) is 5.26. The van der Waals surface area contributed by atoms with E-state index >= 15 is 0 Å². The second-order valence-electron chi connectivity index (χ2n) is 7.25. The van der Waals surface area contributed by atoms with E-state index in [0.717, 1.165) is 36.5 Å². The Morgan fingerprint density at radius 1 is 1.24 bits per heavy atom. The molecule has 1 aromatic carbocycles. The number of hydrogen-bond donors (Lipinski definition) is 1. The van der Waals surface area contributed by atoms with Crippen LogP contribution in [0.15, 0.2) is 30.5 Å². The van der Waals surface area contributed by atoms with E-state index in [2.05, 4.69) is 20.2 Å². The number of nitrogens with one attached hydrogen (secondary N) is 1. The van der Waals surface area contributed by atoms with Gasteiger partial charge >= 0.3 is 6.18 Å². The van der Waals surface area contributed by atoms with Crippen molar-refractivity contribution in [3.05, 3.63) is 47.3 Å². The quantitative estimate of drug-likeness (QED) is 0.849. The summed E-state index contributed by atoms with van der Waals surface area (Å²) in [4.78, 5) is 23.8. The van der Waals surface area contributed by atoms with Crippen LogP contribution in [-0.2, 0) is 28.5 Å². The molecule has 1 aliphatic carbocycles. The molecule has 6 nitrogen and oxygen atoms in total. The zero-order valence-electron chi connectivity index (χ0n) is 15.7. The van der Waals surface area contributed by atoms with E-state index in [0.29, 0.717) is 38.4 Å². The summed E-state index contributed by atoms with van der Waals surface area (Å²) in [6.07, 6.45) is -0.979. The van der Waals surface area contributed by atoms with Crippen LogP contribution < -0.4 is 10.2 Å². The molecule has 9 heteroatoms. The highest BCUT2D eigenvalue weighted by molar-refractivity contribution is 5.93. The number of benzene rings is 1. The molecule has 1 saturated heterocycles. The number of carbonyl (C=O) groups is 1. The lowest BCUT2D eigenvalue weighted by Crippen LogP contribution is -2.38. The molecule has 1 atom stereocenters. The van der Waals surface area contributed by atoms with Crippen molar-refractivity contribution in [2.45, 2.75) is 25.4 Å². The van der Waals surface area contributed by atoms with Gasteiger partial charge in [-0.1, -0.05) is 6.07 Å². The van der Waals surface area contributed by atoms with E-state index in [-0.39, 0.29) is 17.5 Å². The number of alkyl halides is 3. The Balaban J connectivity index is 1.42. The zero-order chi connectivity index (χ0) is 20.4. The molecule has 0 radical (unpaired) electrons. The van der Waals surface area contributed by atoms with Gasteiger partial charge in [0.25, 0.3) is 0 Å². The molecule has 0 saturated carbocycles. The van der Waals surface area contributed by atoms with Gasteiger partial charge in [-0.05, 0) is 43.0 Å². The Morgan fingerprint density at radius 2 is 2.03 bits per heavy atom. The third-order valence-electron chi connectivity index (χ3n) is 5.26. The van der Waals surface area contributed by atoms with Gasteiger partial charge in [-0.2, -0.15) is 13.2 Å². The summed E-state index contributed by atoms with van der Waals surface area (Å²) >= 11 is 0. The molecule has 2 aliphatic rings. The lowest BCUT2D eigenvalue weighted by Gasteiger charge is -2.28. The lowest BCUT2D eigenvalue weighted by molar-refractivity contribution is -0.137. The standard InChI is InChI=1S/C20H21F3N4O2/c21-20(22,23)15-2-1-3-16(11-15)25-18(28)13-4-5-17-14(10-13)12-24-19(26-17)27-6-8-29-9-7-27/h1-3,11-13H,4-10H2,(H,25,28). The van der Waals surface area contributed by atoms with Crippen molar-refractivity contribution >= 4 is 17.5 Å². The second-order valence-corrected chi connectivity index (χ2v) is 7.25. The Hall–Kier alpha value is -2.68. The number of ether oxygens (including phenoxy) is 1. The van der Waals surface area contributed by atoms with Gasteiger partial charge in [0, 0.05) is 36.6 Å². The average molecular weight is 406 g/mol. The van der Waals surface area contributed by atoms with Crippen molar-refractivity contribution in [1.29, 1.82) is 0 Å². The lowest BCUT2D eigenvalue weighted by atomic mass is 9.86. The number of morpholine rings is 1. The predicted molar refractivity (Wildman–Crippen MR) is 101 cm³/mol. The van der Waals surface area contributed by atoms with Crippen LogP contribution in [0.25, 0.3) is 0 Å². The molecule has 1 N–H and O–H groups in total. The Labute approximate surface area is 166 Å². The molecule has 2 heterocycles. The van der Waals surface area contributed by atoms with Crippen LogP contribution in [0.4, 0.5) is 24.8 Å². The third kappa shape index (κ3) is 4.50. The molecule has 0 bridgehead atoms. The van der Waals surface area contributed by atoms with Crippen molar-refractivity contribution in [3.8, 4) is 0 Å². The molecular formula is C20H21F3N4O2. The Morgan fingerprint density at radius 3 is 2.79 bits per heavy atom. The van der Waals surface area contributed by atoms with Gasteiger partial charge < -0.3 is 15.0 Å². The first-order valence-electron chi connectivity index (χ1n) is 9.56. The number of aryl methyl sites for hydroxylation is 1. The molecule has 29 heavy (non-hydrogen) atoms. The fourth-order valence-corrected chi connectivity index (χ4v) is 3.65. The first-order valence-corrected chi connectivity index (χ1v) is 9.56. The fourth-order valence-electron chi connectivity index (χ4n) is 3.65. The normalized spacial score (nSPS) is 19.6. The molecular weight excluding hydrogens is 385 g/mol. The minimum atomic E-state index is -4.44. The highest BCUT2D eigenvalue weighted by Gasteiger charge is 2.31. The van der Waals surface area contributed by atoms with Crippen LogP contribution in [0.5, 0.6) is 0 Å². The monoisotopic (exact) mass is 406 g/mol. The summed E-state index contributed by atoms with van der Waals surface area (Å²) < 4.78 is 43.9. The van der Waals surface area contributed by atoms with E-state index in [1.54, 1.807) is 6.20 Å². The number of hydrogen-bond acceptors (Lipinski definition) is 5. The van der Waals surface area contributed by atoms with Gasteiger partial charge in [0.1, 0.15) is 0 Å². The van der Waals surface area contributed by atoms with Gasteiger partial charge in [0.15, 0.2) is 0 Å². The van der Waals surface area contributed by atoms with Gasteiger partial charge in [0.2, 0.25) is 11.9 Å². The van der Waals surface area contributed by atoms with Crippen molar-refractivity contribution in [2.75, 3.05) is 36.5 Å². The molecule has 1 amide bonds. The molecule has 2 aromatic rings. The summed E-state index contributed by atoms with van der Waals surface area (Å²) in [5.74, 6) is 0.0704. The van der Waals surface area contributed by atoms with Crippen LogP contribution in [-0.4, -0.2) is 42.2 Å². The maximum absolute atomic E-state index is 12.9. The van der Waals surface area contributed by atoms with Gasteiger partial charge in [-0.15, -0.1) is 0 Å². The van der Waals surface area contributed by atoms with Crippen molar-refractivity contribution in [1.82, 2.24) is 9.97 Å². The smallest absolute Gasteiger partial charge is 0.378 e. The van der Waals surface area contributed by atoms with Crippen LogP contribution in [0.2, 0.25) is 0 Å². The van der Waals surface area contributed by atoms with E-state index in [4.69, 9.17) is 4.74 Å². The molecule has 4 rings (SSSR count). The number of nitrogens with zero attached hydrogens (tertiary/aromatic N) is 3. The van der Waals surface area contributed by atoms with Crippen LogP contribution >= 0.6 is 0 Å². The molecule has 1 unspecified atom stereocenters. The fraction of sp³-hybridized carbons (Fsp3) is 0.450. The summed E-state index contributed by atoms with van der Waals surface area (Å²) in [5.41, 5.74) is 1.21. The van der Waals surface area contributed by atoms with E-state index in [1.807, 2.05) is 0 Å². The second kappa shape index (κ2) is 7.98. The maximum Gasteiger partial charge on any atom is 0.416 e. The number of anilines is 2. The highest BCUT2D eigenvalue weighted by atomic mass is 19.4. The summed E-state index contributed by atoms with van der Waals surface area (Å²) in [6.45, 7) is 2.80.